The number of aromatic nitrogens is 4. The summed E-state index contributed by atoms with van der Waals surface area (Å²) in [6, 6.07) is 15.0. The SMILES string of the molecule is COc1cccc(-c2nc3nc[nH]c(=O)c3nc2-c2cccc(OC)c2)c1. The topological polar surface area (TPSA) is 90.0 Å². The molecule has 134 valence electrons. The lowest BCUT2D eigenvalue weighted by molar-refractivity contribution is 0.415. The van der Waals surface area contributed by atoms with Gasteiger partial charge in [0.15, 0.2) is 11.2 Å². The largest absolute Gasteiger partial charge is 0.497 e. The van der Waals surface area contributed by atoms with E-state index in [2.05, 4.69) is 19.9 Å². The molecule has 4 rings (SSSR count). The van der Waals surface area contributed by atoms with Gasteiger partial charge in [-0.05, 0) is 24.3 Å². The quantitative estimate of drug-likeness (QED) is 0.601. The number of fused-ring (bicyclic) bond motifs is 1. The normalized spacial score (nSPS) is 10.7. The van der Waals surface area contributed by atoms with E-state index >= 15 is 0 Å². The van der Waals surface area contributed by atoms with Crippen molar-refractivity contribution in [2.45, 2.75) is 0 Å². The van der Waals surface area contributed by atoms with Crippen molar-refractivity contribution in [1.82, 2.24) is 19.9 Å². The Morgan fingerprint density at radius 2 is 1.44 bits per heavy atom. The Morgan fingerprint density at radius 1 is 0.852 bits per heavy atom. The van der Waals surface area contributed by atoms with Crippen LogP contribution in [0, 0.1) is 0 Å². The Balaban J connectivity index is 2.04. The van der Waals surface area contributed by atoms with Crippen LogP contribution in [0.25, 0.3) is 33.7 Å². The van der Waals surface area contributed by atoms with Crippen LogP contribution >= 0.6 is 0 Å². The fourth-order valence-corrected chi connectivity index (χ4v) is 2.83. The first-order chi connectivity index (χ1) is 13.2. The lowest BCUT2D eigenvalue weighted by atomic mass is 10.0. The minimum Gasteiger partial charge on any atom is -0.497 e. The Kier molecular flexibility index (Phi) is 4.25. The monoisotopic (exact) mass is 360 g/mol. The standard InChI is InChI=1S/C20H16N4O3/c1-26-14-7-3-5-12(9-14)16-17(13-6-4-8-15(10-13)27-2)24-19-18(23-16)20(25)22-11-21-19/h3-11H,1-2H3,(H,21,22,24,25). The molecular formula is C20H16N4O3. The van der Waals surface area contributed by atoms with E-state index in [0.29, 0.717) is 22.9 Å². The Labute approximate surface area is 154 Å². The molecule has 0 unspecified atom stereocenters. The van der Waals surface area contributed by atoms with E-state index < -0.39 is 0 Å². The van der Waals surface area contributed by atoms with Crippen molar-refractivity contribution in [2.75, 3.05) is 14.2 Å². The van der Waals surface area contributed by atoms with Gasteiger partial charge in [0.2, 0.25) is 0 Å². The highest BCUT2D eigenvalue weighted by Gasteiger charge is 2.16. The van der Waals surface area contributed by atoms with Crippen LogP contribution in [-0.4, -0.2) is 34.2 Å². The van der Waals surface area contributed by atoms with Gasteiger partial charge in [-0.3, -0.25) is 4.79 Å². The van der Waals surface area contributed by atoms with E-state index in [1.807, 2.05) is 48.5 Å². The molecule has 4 aromatic rings. The number of ether oxygens (including phenoxy) is 2. The van der Waals surface area contributed by atoms with E-state index in [1.54, 1.807) is 14.2 Å². The number of aromatic amines is 1. The summed E-state index contributed by atoms with van der Waals surface area (Å²) in [6.07, 6.45) is 1.32. The first-order valence-corrected chi connectivity index (χ1v) is 8.24. The summed E-state index contributed by atoms with van der Waals surface area (Å²) in [4.78, 5) is 28.1. The molecule has 7 heteroatoms. The third-order valence-electron chi connectivity index (χ3n) is 4.16. The molecule has 2 aromatic heterocycles. The van der Waals surface area contributed by atoms with E-state index in [-0.39, 0.29) is 16.7 Å². The molecule has 0 aliphatic rings. The van der Waals surface area contributed by atoms with Crippen LogP contribution in [0.15, 0.2) is 59.7 Å². The fourth-order valence-electron chi connectivity index (χ4n) is 2.83. The van der Waals surface area contributed by atoms with E-state index in [0.717, 1.165) is 11.1 Å². The lowest BCUT2D eigenvalue weighted by Gasteiger charge is -2.11. The number of rotatable bonds is 4. The molecule has 0 aliphatic carbocycles. The molecule has 1 N–H and O–H groups in total. The Hall–Kier alpha value is -3.74. The molecule has 2 aromatic carbocycles. The summed E-state index contributed by atoms with van der Waals surface area (Å²) >= 11 is 0. The van der Waals surface area contributed by atoms with Gasteiger partial charge in [-0.15, -0.1) is 0 Å². The molecule has 0 saturated heterocycles. The highest BCUT2D eigenvalue weighted by atomic mass is 16.5. The minimum absolute atomic E-state index is 0.182. The molecule has 7 nitrogen and oxygen atoms in total. The van der Waals surface area contributed by atoms with Crippen molar-refractivity contribution < 1.29 is 9.47 Å². The zero-order valence-corrected chi connectivity index (χ0v) is 14.8. The highest BCUT2D eigenvalue weighted by molar-refractivity contribution is 5.84. The second kappa shape index (κ2) is 6.87. The van der Waals surface area contributed by atoms with Crippen LogP contribution in [0.1, 0.15) is 0 Å². The number of benzene rings is 2. The maximum Gasteiger partial charge on any atom is 0.278 e. The molecule has 0 amide bonds. The van der Waals surface area contributed by atoms with Gasteiger partial charge in [0.25, 0.3) is 5.56 Å². The maximum absolute atomic E-state index is 12.2. The lowest BCUT2D eigenvalue weighted by Crippen LogP contribution is -2.10. The average Bonchev–Trinajstić information content (AvgIpc) is 2.73. The number of methoxy groups -OCH3 is 2. The highest BCUT2D eigenvalue weighted by Crippen LogP contribution is 2.33. The van der Waals surface area contributed by atoms with E-state index in [4.69, 9.17) is 9.47 Å². The van der Waals surface area contributed by atoms with Gasteiger partial charge in [-0.1, -0.05) is 24.3 Å². The smallest absolute Gasteiger partial charge is 0.278 e. The van der Waals surface area contributed by atoms with Crippen molar-refractivity contribution in [1.29, 1.82) is 0 Å². The Bertz CT molecular complexity index is 1190. The van der Waals surface area contributed by atoms with Crippen molar-refractivity contribution in [3.05, 3.63) is 65.2 Å². The molecule has 0 saturated carbocycles. The predicted molar refractivity (Wildman–Crippen MR) is 102 cm³/mol. The molecule has 27 heavy (non-hydrogen) atoms. The van der Waals surface area contributed by atoms with Crippen LogP contribution < -0.4 is 15.0 Å². The number of hydrogen-bond donors (Lipinski definition) is 1. The summed E-state index contributed by atoms with van der Waals surface area (Å²) < 4.78 is 10.6. The molecular weight excluding hydrogens is 344 g/mol. The van der Waals surface area contributed by atoms with Crippen molar-refractivity contribution in [2.24, 2.45) is 0 Å². The number of nitrogens with zero attached hydrogens (tertiary/aromatic N) is 3. The van der Waals surface area contributed by atoms with E-state index in [9.17, 15) is 4.79 Å². The minimum atomic E-state index is -0.339. The second-order valence-corrected chi connectivity index (χ2v) is 5.79. The number of hydrogen-bond acceptors (Lipinski definition) is 6. The Morgan fingerprint density at radius 3 is 2.04 bits per heavy atom. The van der Waals surface area contributed by atoms with Gasteiger partial charge < -0.3 is 14.5 Å². The number of H-pyrrole nitrogens is 1. The third kappa shape index (κ3) is 3.10. The van der Waals surface area contributed by atoms with Gasteiger partial charge in [-0.2, -0.15) is 0 Å². The van der Waals surface area contributed by atoms with Gasteiger partial charge in [0.05, 0.1) is 31.9 Å². The fraction of sp³-hybridized carbons (Fsp3) is 0.100. The summed E-state index contributed by atoms with van der Waals surface area (Å²) in [7, 11) is 3.21. The molecule has 0 fully saturated rings. The first kappa shape index (κ1) is 16.7. The zero-order valence-electron chi connectivity index (χ0n) is 14.8. The summed E-state index contributed by atoms with van der Waals surface area (Å²) in [5.74, 6) is 1.39. The van der Waals surface area contributed by atoms with Gasteiger partial charge in [0.1, 0.15) is 11.5 Å². The third-order valence-corrected chi connectivity index (χ3v) is 4.16. The molecule has 0 atom stereocenters. The average molecular weight is 360 g/mol. The molecule has 0 aliphatic heterocycles. The van der Waals surface area contributed by atoms with Gasteiger partial charge in [-0.25, -0.2) is 15.0 Å². The van der Waals surface area contributed by atoms with Crippen LogP contribution in [0.2, 0.25) is 0 Å². The van der Waals surface area contributed by atoms with Crippen LogP contribution in [0.4, 0.5) is 0 Å². The molecule has 0 spiro atoms. The van der Waals surface area contributed by atoms with Crippen molar-refractivity contribution >= 4 is 11.2 Å². The van der Waals surface area contributed by atoms with Gasteiger partial charge in [0, 0.05) is 11.1 Å². The second-order valence-electron chi connectivity index (χ2n) is 5.79. The molecule has 2 heterocycles. The summed E-state index contributed by atoms with van der Waals surface area (Å²) in [5, 5.41) is 0. The first-order valence-electron chi connectivity index (χ1n) is 8.24. The van der Waals surface area contributed by atoms with Gasteiger partial charge >= 0.3 is 0 Å². The summed E-state index contributed by atoms with van der Waals surface area (Å²) in [6.45, 7) is 0. The molecule has 0 bridgehead atoms. The van der Waals surface area contributed by atoms with Crippen LogP contribution in [0.5, 0.6) is 11.5 Å². The predicted octanol–water partition coefficient (Wildman–Crippen LogP) is 3.06. The summed E-state index contributed by atoms with van der Waals surface area (Å²) in [5.41, 5.74) is 2.88. The maximum atomic E-state index is 12.2. The van der Waals surface area contributed by atoms with Crippen molar-refractivity contribution in [3.8, 4) is 34.0 Å². The molecule has 0 radical (unpaired) electrons. The van der Waals surface area contributed by atoms with Crippen molar-refractivity contribution in [3.63, 3.8) is 0 Å². The van der Waals surface area contributed by atoms with Crippen LogP contribution in [0.3, 0.4) is 0 Å². The van der Waals surface area contributed by atoms with Crippen LogP contribution in [-0.2, 0) is 0 Å². The van der Waals surface area contributed by atoms with E-state index in [1.165, 1.54) is 6.33 Å². The zero-order chi connectivity index (χ0) is 18.8. The number of nitrogens with one attached hydrogen (secondary N) is 1.